The molecule has 4 aliphatic rings. The molecule has 3 aliphatic heterocycles. The molecule has 0 unspecified atom stereocenters. The molecular weight excluding hydrogens is 352 g/mol. The number of hydrogen-bond acceptors (Lipinski definition) is 5. The van der Waals surface area contributed by atoms with E-state index in [4.69, 9.17) is 5.73 Å². The van der Waals surface area contributed by atoms with Gasteiger partial charge in [0, 0.05) is 31.3 Å². The fourth-order valence-electron chi connectivity index (χ4n) is 4.40. The number of H-pyrrole nitrogens is 1. The number of nitrogens with one attached hydrogen (secondary N) is 3. The van der Waals surface area contributed by atoms with Crippen LogP contribution in [0.15, 0.2) is 12.5 Å². The average Bonchev–Trinajstić information content (AvgIpc) is 3.35. The second-order valence-corrected chi connectivity index (χ2v) is 7.62. The quantitative estimate of drug-likeness (QED) is 0.463. The number of carbonyl (C=O) groups excluding carboxylic acids is 4. The van der Waals surface area contributed by atoms with E-state index in [-0.39, 0.29) is 30.6 Å². The molecule has 2 bridgehead atoms. The van der Waals surface area contributed by atoms with Crippen LogP contribution in [-0.4, -0.2) is 62.7 Å². The second kappa shape index (κ2) is 6.36. The number of aromatic amines is 1. The van der Waals surface area contributed by atoms with Gasteiger partial charge in [0.2, 0.25) is 23.6 Å². The van der Waals surface area contributed by atoms with Crippen LogP contribution < -0.4 is 16.4 Å². The highest BCUT2D eigenvalue weighted by Crippen LogP contribution is 2.50. The van der Waals surface area contributed by atoms with E-state index in [1.807, 2.05) is 0 Å². The summed E-state index contributed by atoms with van der Waals surface area (Å²) in [7, 11) is 0. The van der Waals surface area contributed by atoms with Crippen molar-refractivity contribution in [2.75, 3.05) is 6.54 Å². The first-order chi connectivity index (χ1) is 12.9. The predicted octanol–water partition coefficient (Wildman–Crippen LogP) is -1.81. The Morgan fingerprint density at radius 1 is 1.41 bits per heavy atom. The molecule has 10 heteroatoms. The van der Waals surface area contributed by atoms with E-state index in [0.717, 1.165) is 0 Å². The van der Waals surface area contributed by atoms with Crippen molar-refractivity contribution in [3.8, 4) is 0 Å². The van der Waals surface area contributed by atoms with Crippen LogP contribution >= 0.6 is 0 Å². The third-order valence-electron chi connectivity index (χ3n) is 5.84. The van der Waals surface area contributed by atoms with Gasteiger partial charge in [0.05, 0.1) is 6.33 Å². The summed E-state index contributed by atoms with van der Waals surface area (Å²) in [6.07, 6.45) is 5.13. The molecule has 5 rings (SSSR count). The van der Waals surface area contributed by atoms with Gasteiger partial charge in [-0.05, 0) is 25.2 Å². The molecule has 0 aromatic carbocycles. The van der Waals surface area contributed by atoms with E-state index in [2.05, 4.69) is 20.6 Å². The lowest BCUT2D eigenvalue weighted by atomic mass is 9.72. The lowest BCUT2D eigenvalue weighted by Gasteiger charge is -2.40. The number of primary amides is 1. The molecule has 10 nitrogen and oxygen atoms in total. The van der Waals surface area contributed by atoms with Gasteiger partial charge in [-0.3, -0.25) is 19.2 Å². The van der Waals surface area contributed by atoms with Gasteiger partial charge in [-0.15, -0.1) is 0 Å². The predicted molar refractivity (Wildman–Crippen MR) is 91.7 cm³/mol. The van der Waals surface area contributed by atoms with Crippen LogP contribution in [0.3, 0.4) is 0 Å². The van der Waals surface area contributed by atoms with Crippen LogP contribution in [0.1, 0.15) is 31.4 Å². The van der Waals surface area contributed by atoms with Crippen molar-refractivity contribution in [3.63, 3.8) is 0 Å². The topological polar surface area (TPSA) is 150 Å². The first-order valence-electron chi connectivity index (χ1n) is 9.07. The first kappa shape index (κ1) is 17.5. The van der Waals surface area contributed by atoms with Gasteiger partial charge in [-0.25, -0.2) is 4.98 Å². The zero-order valence-corrected chi connectivity index (χ0v) is 14.7. The Bertz CT molecular complexity index is 785. The molecule has 1 aliphatic carbocycles. The van der Waals surface area contributed by atoms with Crippen LogP contribution in [0.25, 0.3) is 0 Å². The minimum atomic E-state index is -0.930. The largest absolute Gasteiger partial charge is 0.368 e. The summed E-state index contributed by atoms with van der Waals surface area (Å²) < 4.78 is 0. The lowest BCUT2D eigenvalue weighted by molar-refractivity contribution is -0.146. The van der Waals surface area contributed by atoms with Crippen molar-refractivity contribution in [1.29, 1.82) is 0 Å². The molecule has 4 amide bonds. The summed E-state index contributed by atoms with van der Waals surface area (Å²) in [6, 6.07) is -1.52. The fourth-order valence-corrected chi connectivity index (χ4v) is 4.40. The standard InChI is InChI=1S/C17H22N6O4/c18-16(27)17-4-9(5-17)7-23(17)15(26)12(3-10-6-19-8-20-10)22-14(25)11-1-2-13(24)21-11/h6,8-9,11-12H,1-5,7H2,(H2,18,27)(H,19,20)(H,21,24)(H,22,25)/t9?,11-,12-,17?/m0/s1. The van der Waals surface area contributed by atoms with Gasteiger partial charge in [-0.2, -0.15) is 0 Å². The lowest BCUT2D eigenvalue weighted by Crippen LogP contribution is -2.61. The van der Waals surface area contributed by atoms with Crippen molar-refractivity contribution in [1.82, 2.24) is 25.5 Å². The Morgan fingerprint density at radius 3 is 2.78 bits per heavy atom. The Kier molecular flexibility index (Phi) is 4.12. The van der Waals surface area contributed by atoms with E-state index in [9.17, 15) is 19.2 Å². The van der Waals surface area contributed by atoms with Crippen molar-refractivity contribution < 1.29 is 19.2 Å². The van der Waals surface area contributed by atoms with E-state index in [1.165, 1.54) is 11.2 Å². The van der Waals surface area contributed by atoms with Gasteiger partial charge in [0.1, 0.15) is 17.6 Å². The summed E-state index contributed by atoms with van der Waals surface area (Å²) >= 11 is 0. The number of nitrogens with two attached hydrogens (primary N) is 1. The molecule has 0 spiro atoms. The molecule has 1 aromatic rings. The van der Waals surface area contributed by atoms with Crippen LogP contribution in [-0.2, 0) is 25.6 Å². The summed E-state index contributed by atoms with van der Waals surface area (Å²) in [5.41, 5.74) is 5.32. The number of carbonyl (C=O) groups is 4. The molecule has 27 heavy (non-hydrogen) atoms. The number of rotatable bonds is 6. The summed E-state index contributed by atoms with van der Waals surface area (Å²) in [6.45, 7) is 0.470. The SMILES string of the molecule is NC(=O)C12CC(CN1C(=O)[C@H](Cc1cnc[nH]1)NC(=O)[C@@H]1CCC(=O)N1)C2. The van der Waals surface area contributed by atoms with Crippen LogP contribution in [0.5, 0.6) is 0 Å². The van der Waals surface area contributed by atoms with E-state index >= 15 is 0 Å². The van der Waals surface area contributed by atoms with E-state index in [0.29, 0.717) is 31.5 Å². The molecule has 2 atom stereocenters. The molecule has 1 aromatic heterocycles. The summed E-state index contributed by atoms with van der Waals surface area (Å²) in [4.78, 5) is 57.5. The van der Waals surface area contributed by atoms with E-state index in [1.54, 1.807) is 6.20 Å². The molecule has 3 saturated heterocycles. The molecule has 144 valence electrons. The summed E-state index contributed by atoms with van der Waals surface area (Å²) in [5.74, 6) is -1.14. The molecule has 4 heterocycles. The molecule has 5 N–H and O–H groups in total. The minimum absolute atomic E-state index is 0.181. The third-order valence-corrected chi connectivity index (χ3v) is 5.84. The molecule has 1 saturated carbocycles. The maximum absolute atomic E-state index is 13.2. The third kappa shape index (κ3) is 2.94. The maximum atomic E-state index is 13.2. The van der Waals surface area contributed by atoms with Crippen LogP contribution in [0.2, 0.25) is 0 Å². The zero-order valence-electron chi connectivity index (χ0n) is 14.7. The minimum Gasteiger partial charge on any atom is -0.368 e. The van der Waals surface area contributed by atoms with Gasteiger partial charge in [0.15, 0.2) is 0 Å². The number of fused-ring (bicyclic) bond motifs is 1. The van der Waals surface area contributed by atoms with Gasteiger partial charge < -0.3 is 26.3 Å². The smallest absolute Gasteiger partial charge is 0.246 e. The zero-order chi connectivity index (χ0) is 19.2. The summed E-state index contributed by atoms with van der Waals surface area (Å²) in [5, 5.41) is 5.34. The van der Waals surface area contributed by atoms with Crippen LogP contribution in [0.4, 0.5) is 0 Å². The van der Waals surface area contributed by atoms with Crippen molar-refractivity contribution in [3.05, 3.63) is 18.2 Å². The Morgan fingerprint density at radius 2 is 2.19 bits per heavy atom. The van der Waals surface area contributed by atoms with E-state index < -0.39 is 29.4 Å². The highest BCUT2D eigenvalue weighted by Gasteiger charge is 2.62. The molecule has 0 radical (unpaired) electrons. The Balaban J connectivity index is 1.52. The number of amides is 4. The second-order valence-electron chi connectivity index (χ2n) is 7.62. The van der Waals surface area contributed by atoms with Crippen LogP contribution in [0, 0.1) is 5.92 Å². The molecular formula is C17H22N6O4. The average molecular weight is 374 g/mol. The van der Waals surface area contributed by atoms with Crippen molar-refractivity contribution >= 4 is 23.6 Å². The van der Waals surface area contributed by atoms with Crippen molar-refractivity contribution in [2.45, 2.75) is 49.7 Å². The monoisotopic (exact) mass is 374 g/mol. The Labute approximate surface area is 155 Å². The number of hydrogen-bond donors (Lipinski definition) is 4. The highest BCUT2D eigenvalue weighted by atomic mass is 16.2. The first-order valence-corrected chi connectivity index (χ1v) is 9.07. The van der Waals surface area contributed by atoms with Gasteiger partial charge in [0.25, 0.3) is 0 Å². The normalized spacial score (nSPS) is 29.8. The number of nitrogens with zero attached hydrogens (tertiary/aromatic N) is 2. The van der Waals surface area contributed by atoms with Crippen molar-refractivity contribution in [2.24, 2.45) is 11.7 Å². The highest BCUT2D eigenvalue weighted by molar-refractivity contribution is 5.97. The maximum Gasteiger partial charge on any atom is 0.246 e. The fraction of sp³-hybridized carbons (Fsp3) is 0.588. The number of imidazole rings is 1. The van der Waals surface area contributed by atoms with Gasteiger partial charge >= 0.3 is 0 Å². The Hall–Kier alpha value is -2.91. The number of aromatic nitrogens is 2. The van der Waals surface area contributed by atoms with Gasteiger partial charge in [-0.1, -0.05) is 0 Å². The molecule has 4 fully saturated rings.